The van der Waals surface area contributed by atoms with Crippen LogP contribution in [0.4, 0.5) is 0 Å². The van der Waals surface area contributed by atoms with Crippen molar-refractivity contribution in [1.29, 1.82) is 0 Å². The lowest BCUT2D eigenvalue weighted by molar-refractivity contribution is 0.414. The van der Waals surface area contributed by atoms with Crippen LogP contribution in [0, 0.1) is 11.8 Å². The molecule has 0 aliphatic heterocycles. The maximum Gasteiger partial charge on any atom is 0.118 e. The SMILES string of the molecule is CC[Si](CC)(CC)/C(C#Cc1ccc(OC)cc1)=C/c1ccc(OC)cc1. The second-order valence-corrected chi connectivity index (χ2v) is 11.9. The topological polar surface area (TPSA) is 18.5 Å². The van der Waals surface area contributed by atoms with Gasteiger partial charge in [0.05, 0.1) is 22.3 Å². The van der Waals surface area contributed by atoms with Gasteiger partial charge in [-0.3, -0.25) is 0 Å². The lowest BCUT2D eigenvalue weighted by atomic mass is 10.2. The summed E-state index contributed by atoms with van der Waals surface area (Å²) in [5, 5.41) is 1.33. The van der Waals surface area contributed by atoms with Crippen molar-refractivity contribution in [1.82, 2.24) is 0 Å². The third-order valence-corrected chi connectivity index (χ3v) is 10.9. The van der Waals surface area contributed by atoms with Crippen molar-refractivity contribution in [2.24, 2.45) is 0 Å². The van der Waals surface area contributed by atoms with E-state index in [4.69, 9.17) is 9.47 Å². The Morgan fingerprint density at radius 3 is 1.74 bits per heavy atom. The number of benzene rings is 2. The molecule has 0 aromatic heterocycles. The Bertz CT molecular complexity index is 796. The molecule has 0 bridgehead atoms. The maximum absolute atomic E-state index is 5.28. The van der Waals surface area contributed by atoms with Crippen molar-refractivity contribution in [2.75, 3.05) is 14.2 Å². The molecule has 0 atom stereocenters. The van der Waals surface area contributed by atoms with Gasteiger partial charge in [-0.25, -0.2) is 0 Å². The molecular formula is C24H30O2Si. The normalized spacial score (nSPS) is 11.5. The van der Waals surface area contributed by atoms with Crippen molar-refractivity contribution in [2.45, 2.75) is 38.9 Å². The molecule has 0 N–H and O–H groups in total. The Kier molecular flexibility index (Phi) is 7.76. The summed E-state index contributed by atoms with van der Waals surface area (Å²) in [6, 6.07) is 19.8. The first-order chi connectivity index (χ1) is 13.1. The zero-order valence-electron chi connectivity index (χ0n) is 17.1. The molecule has 2 aromatic rings. The van der Waals surface area contributed by atoms with E-state index in [-0.39, 0.29) is 0 Å². The lowest BCUT2D eigenvalue weighted by Crippen LogP contribution is -2.34. The monoisotopic (exact) mass is 378 g/mol. The third kappa shape index (κ3) is 5.27. The van der Waals surface area contributed by atoms with Gasteiger partial charge in [0.1, 0.15) is 11.5 Å². The van der Waals surface area contributed by atoms with Crippen LogP contribution in [0.2, 0.25) is 18.1 Å². The minimum atomic E-state index is -1.59. The van der Waals surface area contributed by atoms with Crippen LogP contribution in [0.5, 0.6) is 11.5 Å². The van der Waals surface area contributed by atoms with Crippen molar-refractivity contribution in [3.8, 4) is 23.3 Å². The summed E-state index contributed by atoms with van der Waals surface area (Å²) in [4.78, 5) is 0. The van der Waals surface area contributed by atoms with Gasteiger partial charge in [-0.2, -0.15) is 0 Å². The van der Waals surface area contributed by atoms with Crippen molar-refractivity contribution in [3.63, 3.8) is 0 Å². The van der Waals surface area contributed by atoms with Gasteiger partial charge >= 0.3 is 0 Å². The minimum Gasteiger partial charge on any atom is -0.497 e. The summed E-state index contributed by atoms with van der Waals surface area (Å²) in [5.74, 6) is 8.66. The summed E-state index contributed by atoms with van der Waals surface area (Å²) < 4.78 is 10.5. The van der Waals surface area contributed by atoms with Crippen LogP contribution >= 0.6 is 0 Å². The van der Waals surface area contributed by atoms with Gasteiger partial charge in [0.25, 0.3) is 0 Å². The molecule has 0 unspecified atom stereocenters. The van der Waals surface area contributed by atoms with E-state index in [1.54, 1.807) is 14.2 Å². The Balaban J connectivity index is 2.45. The Morgan fingerprint density at radius 1 is 0.815 bits per heavy atom. The van der Waals surface area contributed by atoms with Gasteiger partial charge in [0, 0.05) is 5.56 Å². The van der Waals surface area contributed by atoms with E-state index in [0.717, 1.165) is 17.1 Å². The molecule has 0 saturated heterocycles. The molecular weight excluding hydrogens is 348 g/mol. The summed E-state index contributed by atoms with van der Waals surface area (Å²) in [7, 11) is 1.78. The molecule has 0 aliphatic rings. The third-order valence-electron chi connectivity index (χ3n) is 5.46. The molecule has 2 nitrogen and oxygen atoms in total. The summed E-state index contributed by atoms with van der Waals surface area (Å²) in [6.45, 7) is 6.95. The molecule has 142 valence electrons. The van der Waals surface area contributed by atoms with Crippen LogP contribution < -0.4 is 9.47 Å². The van der Waals surface area contributed by atoms with Crippen LogP contribution in [-0.2, 0) is 0 Å². The van der Waals surface area contributed by atoms with Crippen molar-refractivity contribution < 1.29 is 9.47 Å². The van der Waals surface area contributed by atoms with E-state index in [9.17, 15) is 0 Å². The molecule has 0 heterocycles. The average molecular weight is 379 g/mol. The molecule has 2 rings (SSSR count). The number of methoxy groups -OCH3 is 2. The predicted molar refractivity (Wildman–Crippen MR) is 118 cm³/mol. The quantitative estimate of drug-likeness (QED) is 0.423. The zero-order chi connectivity index (χ0) is 19.7. The van der Waals surface area contributed by atoms with E-state index >= 15 is 0 Å². The second kappa shape index (κ2) is 10.0. The standard InChI is InChI=1S/C24H30O2Si/c1-6-27(7-2,8-3)24(19-21-11-16-23(26-5)17-12-21)18-13-20-9-14-22(25-4)15-10-20/h9-12,14-17,19H,6-8H2,1-5H3/b24-19+. The van der Waals surface area contributed by atoms with E-state index in [1.807, 2.05) is 36.4 Å². The fourth-order valence-corrected chi connectivity index (χ4v) is 6.77. The number of allylic oxidation sites excluding steroid dienone is 1. The highest BCUT2D eigenvalue weighted by atomic mass is 28.3. The smallest absolute Gasteiger partial charge is 0.118 e. The van der Waals surface area contributed by atoms with Crippen LogP contribution in [0.1, 0.15) is 31.9 Å². The highest BCUT2D eigenvalue weighted by Crippen LogP contribution is 2.30. The lowest BCUT2D eigenvalue weighted by Gasteiger charge is -2.28. The highest BCUT2D eigenvalue weighted by Gasteiger charge is 2.30. The Labute approximate surface area is 165 Å². The zero-order valence-corrected chi connectivity index (χ0v) is 18.1. The van der Waals surface area contributed by atoms with E-state index in [1.165, 1.54) is 28.9 Å². The average Bonchev–Trinajstić information content (AvgIpc) is 2.74. The minimum absolute atomic E-state index is 0.856. The van der Waals surface area contributed by atoms with Gasteiger partial charge < -0.3 is 9.47 Å². The van der Waals surface area contributed by atoms with E-state index in [0.29, 0.717) is 0 Å². The van der Waals surface area contributed by atoms with E-state index in [2.05, 4.69) is 50.8 Å². The van der Waals surface area contributed by atoms with Gasteiger partial charge in [-0.15, -0.1) is 0 Å². The highest BCUT2D eigenvalue weighted by molar-refractivity contribution is 6.87. The first kappa shape index (κ1) is 20.9. The molecule has 0 spiro atoms. The number of hydrogen-bond acceptors (Lipinski definition) is 2. The number of ether oxygens (including phenoxy) is 2. The fourth-order valence-electron chi connectivity index (χ4n) is 3.32. The molecule has 0 radical (unpaired) electrons. The van der Waals surface area contributed by atoms with E-state index < -0.39 is 8.07 Å². The summed E-state index contributed by atoms with van der Waals surface area (Å²) >= 11 is 0. The van der Waals surface area contributed by atoms with Crippen LogP contribution in [0.15, 0.2) is 53.7 Å². The first-order valence-electron chi connectivity index (χ1n) is 9.63. The van der Waals surface area contributed by atoms with Crippen LogP contribution in [0.25, 0.3) is 6.08 Å². The number of rotatable bonds is 7. The second-order valence-electron chi connectivity index (χ2n) is 6.65. The first-order valence-corrected chi connectivity index (χ1v) is 12.2. The molecule has 0 fully saturated rings. The summed E-state index contributed by atoms with van der Waals surface area (Å²) in [5.41, 5.74) is 2.20. The van der Waals surface area contributed by atoms with Gasteiger partial charge in [0.2, 0.25) is 0 Å². The maximum atomic E-state index is 5.28. The molecule has 0 saturated carbocycles. The van der Waals surface area contributed by atoms with Gasteiger partial charge in [-0.1, -0.05) is 62.9 Å². The van der Waals surface area contributed by atoms with Crippen LogP contribution in [0.3, 0.4) is 0 Å². The Hall–Kier alpha value is -2.44. The molecule has 0 aliphatic carbocycles. The largest absolute Gasteiger partial charge is 0.497 e. The molecule has 2 aromatic carbocycles. The van der Waals surface area contributed by atoms with Crippen molar-refractivity contribution in [3.05, 3.63) is 64.9 Å². The summed E-state index contributed by atoms with van der Waals surface area (Å²) in [6.07, 6.45) is 2.29. The molecule has 3 heteroatoms. The van der Waals surface area contributed by atoms with Crippen LogP contribution in [-0.4, -0.2) is 22.3 Å². The molecule has 27 heavy (non-hydrogen) atoms. The fraction of sp³-hybridized carbons (Fsp3) is 0.333. The van der Waals surface area contributed by atoms with Crippen molar-refractivity contribution >= 4 is 14.1 Å². The Morgan fingerprint density at radius 2 is 1.30 bits per heavy atom. The molecule has 0 amide bonds. The van der Waals surface area contributed by atoms with Gasteiger partial charge in [0.15, 0.2) is 0 Å². The predicted octanol–water partition coefficient (Wildman–Crippen LogP) is 6.19. The van der Waals surface area contributed by atoms with Gasteiger partial charge in [-0.05, 0) is 53.2 Å². The number of hydrogen-bond donors (Lipinski definition) is 0.